The number of carbonyl (C=O) groups is 1. The molecule has 0 bridgehead atoms. The van der Waals surface area contributed by atoms with Crippen LogP contribution in [0.15, 0.2) is 18.3 Å². The number of phenolic OH excluding ortho intramolecular Hbond substituents is 1. The third-order valence-corrected chi connectivity index (χ3v) is 4.00. The lowest BCUT2D eigenvalue weighted by atomic mass is 10.1. The van der Waals surface area contributed by atoms with Crippen molar-refractivity contribution in [3.8, 4) is 11.4 Å². The Labute approximate surface area is 136 Å². The summed E-state index contributed by atoms with van der Waals surface area (Å²) in [6.45, 7) is 3.41. The summed E-state index contributed by atoms with van der Waals surface area (Å²) in [5.41, 5.74) is 13.1. The van der Waals surface area contributed by atoms with Crippen molar-refractivity contribution in [2.24, 2.45) is 5.73 Å². The minimum Gasteiger partial charge on any atom is -0.508 e. The van der Waals surface area contributed by atoms with Crippen LogP contribution in [0.5, 0.6) is 5.75 Å². The molecule has 0 unspecified atom stereocenters. The van der Waals surface area contributed by atoms with Crippen LogP contribution in [0.3, 0.4) is 0 Å². The Balaban J connectivity index is 2.53. The predicted molar refractivity (Wildman–Crippen MR) is 87.9 cm³/mol. The number of aryl methyl sites for hydroxylation is 1. The fourth-order valence-corrected chi connectivity index (χ4v) is 2.87. The molecule has 7 nitrogen and oxygen atoms in total. The summed E-state index contributed by atoms with van der Waals surface area (Å²) in [6, 6.07) is 3.03. The highest BCUT2D eigenvalue weighted by molar-refractivity contribution is 6.32. The Morgan fingerprint density at radius 2 is 2.04 bits per heavy atom. The number of phenols is 1. The Bertz CT molecular complexity index is 964. The largest absolute Gasteiger partial charge is 0.508 e. The van der Waals surface area contributed by atoms with Crippen LogP contribution in [0.25, 0.3) is 16.7 Å². The monoisotopic (exact) mass is 331 g/mol. The summed E-state index contributed by atoms with van der Waals surface area (Å²) < 4.78 is 1.52. The number of primary amides is 1. The molecule has 0 aliphatic carbocycles. The highest BCUT2D eigenvalue weighted by Gasteiger charge is 2.24. The summed E-state index contributed by atoms with van der Waals surface area (Å²) in [7, 11) is 0. The third-order valence-electron chi connectivity index (χ3n) is 3.69. The van der Waals surface area contributed by atoms with Crippen molar-refractivity contribution in [1.82, 2.24) is 14.5 Å². The highest BCUT2D eigenvalue weighted by Crippen LogP contribution is 2.37. The van der Waals surface area contributed by atoms with E-state index in [9.17, 15) is 9.90 Å². The van der Waals surface area contributed by atoms with E-state index in [-0.39, 0.29) is 17.1 Å². The van der Waals surface area contributed by atoms with Gasteiger partial charge >= 0.3 is 0 Å². The van der Waals surface area contributed by atoms with E-state index in [1.165, 1.54) is 16.8 Å². The topological polar surface area (TPSA) is 120 Å². The first kappa shape index (κ1) is 15.1. The number of fused-ring (bicyclic) bond motifs is 1. The number of aromatic nitrogens is 3. The van der Waals surface area contributed by atoms with Gasteiger partial charge in [0.25, 0.3) is 5.91 Å². The molecule has 0 radical (unpaired) electrons. The number of hydrogen-bond acceptors (Lipinski definition) is 5. The van der Waals surface area contributed by atoms with E-state index in [1.807, 2.05) is 0 Å². The molecule has 2 heterocycles. The van der Waals surface area contributed by atoms with Gasteiger partial charge in [-0.15, -0.1) is 0 Å². The molecule has 118 valence electrons. The number of halogens is 1. The molecule has 0 saturated heterocycles. The zero-order chi connectivity index (χ0) is 16.9. The average molecular weight is 332 g/mol. The molecule has 23 heavy (non-hydrogen) atoms. The molecule has 0 aliphatic heterocycles. The molecule has 1 aromatic carbocycles. The number of nitrogens with zero attached hydrogens (tertiary/aromatic N) is 3. The van der Waals surface area contributed by atoms with Crippen LogP contribution < -0.4 is 11.5 Å². The van der Waals surface area contributed by atoms with Crippen LogP contribution in [0.1, 0.15) is 21.7 Å². The van der Waals surface area contributed by atoms with Crippen molar-refractivity contribution >= 4 is 34.4 Å². The fraction of sp³-hybridized carbons (Fsp3) is 0.133. The second-order valence-electron chi connectivity index (χ2n) is 5.15. The fourth-order valence-electron chi connectivity index (χ4n) is 2.59. The maximum absolute atomic E-state index is 11.8. The predicted octanol–water partition coefficient (Wildman–Crippen LogP) is 2.08. The van der Waals surface area contributed by atoms with Crippen molar-refractivity contribution < 1.29 is 9.90 Å². The van der Waals surface area contributed by atoms with E-state index in [0.717, 1.165) is 0 Å². The standard InChI is InChI=1S/C15H14ClN5O2/c1-6-10(22)4-3-9(16)12(6)21-13(17)11(14(18)23)8-5-19-7(2)20-15(8)21/h3-5,22H,17H2,1-2H3,(H2,18,23). The first-order valence-corrected chi connectivity index (χ1v) is 7.12. The lowest BCUT2D eigenvalue weighted by Gasteiger charge is -2.14. The Kier molecular flexibility index (Phi) is 3.37. The second-order valence-corrected chi connectivity index (χ2v) is 5.56. The zero-order valence-corrected chi connectivity index (χ0v) is 13.2. The Hall–Kier alpha value is -2.80. The summed E-state index contributed by atoms with van der Waals surface area (Å²) in [4.78, 5) is 20.2. The number of benzene rings is 1. The first-order valence-electron chi connectivity index (χ1n) is 6.74. The average Bonchev–Trinajstić information content (AvgIpc) is 2.76. The van der Waals surface area contributed by atoms with Crippen molar-refractivity contribution in [3.63, 3.8) is 0 Å². The Morgan fingerprint density at radius 3 is 2.70 bits per heavy atom. The smallest absolute Gasteiger partial charge is 0.253 e. The number of nitrogen functional groups attached to an aromatic ring is 1. The molecule has 0 spiro atoms. The molecular formula is C15H14ClN5O2. The van der Waals surface area contributed by atoms with Gasteiger partial charge in [-0.1, -0.05) is 11.6 Å². The van der Waals surface area contributed by atoms with Gasteiger partial charge in [0.15, 0.2) is 5.65 Å². The summed E-state index contributed by atoms with van der Waals surface area (Å²) in [5, 5.41) is 10.8. The second kappa shape index (κ2) is 5.13. The van der Waals surface area contributed by atoms with Crippen LogP contribution in [-0.4, -0.2) is 25.5 Å². The van der Waals surface area contributed by atoms with Crippen LogP contribution in [-0.2, 0) is 0 Å². The maximum atomic E-state index is 11.8. The molecule has 8 heteroatoms. The molecule has 5 N–H and O–H groups in total. The van der Waals surface area contributed by atoms with Crippen molar-refractivity contribution in [1.29, 1.82) is 0 Å². The molecular weight excluding hydrogens is 318 g/mol. The zero-order valence-electron chi connectivity index (χ0n) is 12.5. The molecule has 0 saturated carbocycles. The van der Waals surface area contributed by atoms with Crippen molar-refractivity contribution in [3.05, 3.63) is 40.3 Å². The molecule has 0 atom stereocenters. The van der Waals surface area contributed by atoms with E-state index in [0.29, 0.717) is 33.1 Å². The molecule has 3 rings (SSSR count). The van der Waals surface area contributed by atoms with Crippen LogP contribution in [0.4, 0.5) is 5.82 Å². The lowest BCUT2D eigenvalue weighted by Crippen LogP contribution is -2.14. The molecule has 0 fully saturated rings. The van der Waals surface area contributed by atoms with Crippen LogP contribution in [0, 0.1) is 13.8 Å². The number of anilines is 1. The summed E-state index contributed by atoms with van der Waals surface area (Å²) in [5.74, 6) is -0.0334. The van der Waals surface area contributed by atoms with Crippen LogP contribution in [0.2, 0.25) is 5.02 Å². The molecule has 3 aromatic rings. The maximum Gasteiger partial charge on any atom is 0.253 e. The van der Waals surface area contributed by atoms with Gasteiger partial charge in [0.2, 0.25) is 0 Å². The van der Waals surface area contributed by atoms with Crippen LogP contribution >= 0.6 is 11.6 Å². The number of aromatic hydroxyl groups is 1. The van der Waals surface area contributed by atoms with Gasteiger partial charge in [0.1, 0.15) is 17.4 Å². The summed E-state index contributed by atoms with van der Waals surface area (Å²) >= 11 is 6.29. The molecule has 2 aromatic heterocycles. The highest BCUT2D eigenvalue weighted by atomic mass is 35.5. The quantitative estimate of drug-likeness (QED) is 0.664. The van der Waals surface area contributed by atoms with Crippen molar-refractivity contribution in [2.75, 3.05) is 5.73 Å². The van der Waals surface area contributed by atoms with E-state index in [1.54, 1.807) is 19.9 Å². The normalized spacial score (nSPS) is 11.1. The molecule has 0 aliphatic rings. The lowest BCUT2D eigenvalue weighted by molar-refractivity contribution is 0.100. The van der Waals surface area contributed by atoms with Gasteiger partial charge in [0.05, 0.1) is 21.7 Å². The van der Waals surface area contributed by atoms with Gasteiger partial charge in [-0.3, -0.25) is 9.36 Å². The number of carbonyl (C=O) groups excluding carboxylic acids is 1. The minimum absolute atomic E-state index is 0.0528. The van der Waals surface area contributed by atoms with Gasteiger partial charge < -0.3 is 16.6 Å². The molecule has 1 amide bonds. The third kappa shape index (κ3) is 2.17. The Morgan fingerprint density at radius 1 is 1.35 bits per heavy atom. The first-order chi connectivity index (χ1) is 10.8. The van der Waals surface area contributed by atoms with Gasteiger partial charge in [-0.25, -0.2) is 9.97 Å². The van der Waals surface area contributed by atoms with Crippen molar-refractivity contribution in [2.45, 2.75) is 13.8 Å². The van der Waals surface area contributed by atoms with E-state index in [4.69, 9.17) is 23.1 Å². The SMILES string of the molecule is Cc1ncc2c(C(N)=O)c(N)n(-c3c(Cl)ccc(O)c3C)c2n1. The number of hydrogen-bond donors (Lipinski definition) is 3. The number of amides is 1. The van der Waals surface area contributed by atoms with Gasteiger partial charge in [-0.2, -0.15) is 0 Å². The number of rotatable bonds is 2. The minimum atomic E-state index is -0.687. The van der Waals surface area contributed by atoms with Gasteiger partial charge in [-0.05, 0) is 26.0 Å². The van der Waals surface area contributed by atoms with E-state index >= 15 is 0 Å². The van der Waals surface area contributed by atoms with Gasteiger partial charge in [0, 0.05) is 11.8 Å². The summed E-state index contributed by atoms with van der Waals surface area (Å²) in [6.07, 6.45) is 1.50. The van der Waals surface area contributed by atoms with E-state index < -0.39 is 5.91 Å². The number of nitrogens with two attached hydrogens (primary N) is 2. The van der Waals surface area contributed by atoms with E-state index in [2.05, 4.69) is 9.97 Å².